The standard InChI is InChI=1S/C14H24N2O4S/c1-10(8-15-3)9-16-21(17,18)14-7-13(20-5)12(19-4)6-11(14)2/h6-7,10,15-16H,8-9H2,1-5H3. The van der Waals surface area contributed by atoms with E-state index < -0.39 is 10.0 Å². The number of aryl methyl sites for hydroxylation is 1. The lowest BCUT2D eigenvalue weighted by Gasteiger charge is -2.15. The van der Waals surface area contributed by atoms with Crippen molar-refractivity contribution in [2.45, 2.75) is 18.7 Å². The van der Waals surface area contributed by atoms with Gasteiger partial charge in [0.1, 0.15) is 0 Å². The molecule has 120 valence electrons. The Balaban J connectivity index is 3.02. The van der Waals surface area contributed by atoms with Crippen LogP contribution < -0.4 is 19.5 Å². The van der Waals surface area contributed by atoms with E-state index in [0.717, 1.165) is 6.54 Å². The second-order valence-corrected chi connectivity index (χ2v) is 6.72. The summed E-state index contributed by atoms with van der Waals surface area (Å²) in [6.45, 7) is 4.82. The van der Waals surface area contributed by atoms with Crippen LogP contribution in [0.15, 0.2) is 17.0 Å². The van der Waals surface area contributed by atoms with Gasteiger partial charge in [-0.05, 0) is 38.1 Å². The Hall–Kier alpha value is -1.31. The maximum Gasteiger partial charge on any atom is 0.240 e. The number of hydrogen-bond donors (Lipinski definition) is 2. The van der Waals surface area contributed by atoms with Crippen LogP contribution in [0.5, 0.6) is 11.5 Å². The number of ether oxygens (including phenoxy) is 2. The van der Waals surface area contributed by atoms with Gasteiger partial charge in [-0.1, -0.05) is 6.92 Å². The smallest absolute Gasteiger partial charge is 0.240 e. The van der Waals surface area contributed by atoms with Gasteiger partial charge in [-0.15, -0.1) is 0 Å². The van der Waals surface area contributed by atoms with E-state index in [2.05, 4.69) is 10.0 Å². The van der Waals surface area contributed by atoms with E-state index in [9.17, 15) is 8.42 Å². The van der Waals surface area contributed by atoms with Crippen molar-refractivity contribution in [3.63, 3.8) is 0 Å². The minimum Gasteiger partial charge on any atom is -0.493 e. The molecule has 0 radical (unpaired) electrons. The van der Waals surface area contributed by atoms with Crippen LogP contribution in [0, 0.1) is 12.8 Å². The Labute approximate surface area is 126 Å². The van der Waals surface area contributed by atoms with Gasteiger partial charge in [0.05, 0.1) is 19.1 Å². The largest absolute Gasteiger partial charge is 0.493 e. The average molecular weight is 316 g/mol. The lowest BCUT2D eigenvalue weighted by Crippen LogP contribution is -2.32. The molecule has 0 aliphatic heterocycles. The summed E-state index contributed by atoms with van der Waals surface area (Å²) in [5.41, 5.74) is 0.612. The first-order chi connectivity index (χ1) is 9.85. The molecule has 1 aromatic carbocycles. The first-order valence-corrected chi connectivity index (χ1v) is 8.21. The molecule has 0 spiro atoms. The van der Waals surface area contributed by atoms with Crippen LogP contribution in [0.2, 0.25) is 0 Å². The molecule has 0 aliphatic carbocycles. The van der Waals surface area contributed by atoms with E-state index >= 15 is 0 Å². The summed E-state index contributed by atoms with van der Waals surface area (Å²) >= 11 is 0. The van der Waals surface area contributed by atoms with E-state index in [1.54, 1.807) is 13.0 Å². The summed E-state index contributed by atoms with van der Waals surface area (Å²) in [5, 5.41) is 3.02. The van der Waals surface area contributed by atoms with Crippen LogP contribution in [0.25, 0.3) is 0 Å². The molecule has 7 heteroatoms. The van der Waals surface area contributed by atoms with Gasteiger partial charge in [-0.2, -0.15) is 0 Å². The number of sulfonamides is 1. The SMILES string of the molecule is CNCC(C)CNS(=O)(=O)c1cc(OC)c(OC)cc1C. The first-order valence-electron chi connectivity index (χ1n) is 6.72. The van der Waals surface area contributed by atoms with Crippen LogP contribution in [-0.2, 0) is 10.0 Å². The van der Waals surface area contributed by atoms with Gasteiger partial charge in [0.25, 0.3) is 0 Å². The summed E-state index contributed by atoms with van der Waals surface area (Å²) in [6.07, 6.45) is 0. The second kappa shape index (κ2) is 7.63. The van der Waals surface area contributed by atoms with Gasteiger partial charge in [-0.25, -0.2) is 13.1 Å². The van der Waals surface area contributed by atoms with Crippen molar-refractivity contribution in [1.29, 1.82) is 0 Å². The van der Waals surface area contributed by atoms with Crippen molar-refractivity contribution in [1.82, 2.24) is 10.0 Å². The van der Waals surface area contributed by atoms with Gasteiger partial charge in [0, 0.05) is 12.6 Å². The number of hydrogen-bond acceptors (Lipinski definition) is 5. The molecule has 0 aromatic heterocycles. The zero-order valence-corrected chi connectivity index (χ0v) is 14.0. The van der Waals surface area contributed by atoms with Crippen LogP contribution in [0.1, 0.15) is 12.5 Å². The highest BCUT2D eigenvalue weighted by molar-refractivity contribution is 7.89. The van der Waals surface area contributed by atoms with Crippen LogP contribution >= 0.6 is 0 Å². The summed E-state index contributed by atoms with van der Waals surface area (Å²) in [7, 11) is 1.26. The Morgan fingerprint density at radius 3 is 2.24 bits per heavy atom. The molecule has 21 heavy (non-hydrogen) atoms. The molecule has 0 aliphatic rings. The molecule has 1 rings (SSSR count). The molecule has 1 aromatic rings. The Bertz CT molecular complexity index is 573. The van der Waals surface area contributed by atoms with E-state index in [4.69, 9.17) is 9.47 Å². The minimum atomic E-state index is -3.58. The molecule has 0 bridgehead atoms. The topological polar surface area (TPSA) is 76.7 Å². The number of rotatable bonds is 8. The predicted octanol–water partition coefficient (Wildman–Crippen LogP) is 1.15. The maximum atomic E-state index is 12.4. The van der Waals surface area contributed by atoms with Crippen molar-refractivity contribution in [3.05, 3.63) is 17.7 Å². The second-order valence-electron chi connectivity index (χ2n) is 4.99. The average Bonchev–Trinajstić information content (AvgIpc) is 2.45. The Morgan fingerprint density at radius 1 is 1.14 bits per heavy atom. The predicted molar refractivity (Wildman–Crippen MR) is 82.6 cm³/mol. The third-order valence-corrected chi connectivity index (χ3v) is 4.71. The summed E-state index contributed by atoms with van der Waals surface area (Å²) in [6, 6.07) is 3.14. The lowest BCUT2D eigenvalue weighted by molar-refractivity contribution is 0.353. The molecule has 0 saturated heterocycles. The normalized spacial score (nSPS) is 13.0. The molecule has 2 N–H and O–H groups in total. The van der Waals surface area contributed by atoms with Crippen LogP contribution in [-0.4, -0.2) is 42.8 Å². The van der Waals surface area contributed by atoms with Crippen LogP contribution in [0.4, 0.5) is 0 Å². The van der Waals surface area contributed by atoms with E-state index in [-0.39, 0.29) is 10.8 Å². The zero-order chi connectivity index (χ0) is 16.0. The van der Waals surface area contributed by atoms with E-state index in [1.165, 1.54) is 20.3 Å². The molecular weight excluding hydrogens is 292 g/mol. The van der Waals surface area contributed by atoms with Crippen LogP contribution in [0.3, 0.4) is 0 Å². The third kappa shape index (κ3) is 4.59. The van der Waals surface area contributed by atoms with Gasteiger partial charge < -0.3 is 14.8 Å². The number of nitrogens with one attached hydrogen (secondary N) is 2. The summed E-state index contributed by atoms with van der Waals surface area (Å²) in [4.78, 5) is 0.205. The molecule has 0 fully saturated rings. The van der Waals surface area contributed by atoms with Gasteiger partial charge in [0.2, 0.25) is 10.0 Å². The molecule has 0 amide bonds. The fourth-order valence-corrected chi connectivity index (χ4v) is 3.41. The lowest BCUT2D eigenvalue weighted by atomic mass is 10.2. The maximum absolute atomic E-state index is 12.4. The highest BCUT2D eigenvalue weighted by atomic mass is 32.2. The first kappa shape index (κ1) is 17.7. The fraction of sp³-hybridized carbons (Fsp3) is 0.571. The fourth-order valence-electron chi connectivity index (χ4n) is 2.00. The summed E-state index contributed by atoms with van der Waals surface area (Å²) < 4.78 is 37.8. The highest BCUT2D eigenvalue weighted by Gasteiger charge is 2.20. The number of benzene rings is 1. The quantitative estimate of drug-likeness (QED) is 0.752. The minimum absolute atomic E-state index is 0.199. The monoisotopic (exact) mass is 316 g/mol. The third-order valence-electron chi connectivity index (χ3n) is 3.15. The van der Waals surface area contributed by atoms with Crippen molar-refractivity contribution in [3.8, 4) is 11.5 Å². The van der Waals surface area contributed by atoms with Gasteiger partial charge in [-0.3, -0.25) is 0 Å². The summed E-state index contributed by atoms with van der Waals surface area (Å²) in [5.74, 6) is 1.11. The Kier molecular flexibility index (Phi) is 6.44. The molecule has 1 atom stereocenters. The van der Waals surface area contributed by atoms with Gasteiger partial charge in [0.15, 0.2) is 11.5 Å². The van der Waals surface area contributed by atoms with Crippen molar-refractivity contribution < 1.29 is 17.9 Å². The molecular formula is C14H24N2O4S. The highest BCUT2D eigenvalue weighted by Crippen LogP contribution is 2.32. The number of methoxy groups -OCH3 is 2. The van der Waals surface area contributed by atoms with Crippen molar-refractivity contribution in [2.75, 3.05) is 34.4 Å². The van der Waals surface area contributed by atoms with E-state index in [0.29, 0.717) is 23.6 Å². The zero-order valence-electron chi connectivity index (χ0n) is 13.2. The van der Waals surface area contributed by atoms with Gasteiger partial charge >= 0.3 is 0 Å². The molecule has 1 unspecified atom stereocenters. The van der Waals surface area contributed by atoms with Crippen molar-refractivity contribution in [2.24, 2.45) is 5.92 Å². The molecule has 0 saturated carbocycles. The van der Waals surface area contributed by atoms with Crippen molar-refractivity contribution >= 4 is 10.0 Å². The molecule has 0 heterocycles. The Morgan fingerprint density at radius 2 is 1.71 bits per heavy atom. The molecule has 6 nitrogen and oxygen atoms in total. The van der Waals surface area contributed by atoms with E-state index in [1.807, 2.05) is 14.0 Å².